The van der Waals surface area contributed by atoms with Crippen molar-refractivity contribution >= 4 is 27.0 Å². The highest BCUT2D eigenvalue weighted by Crippen LogP contribution is 2.35. The van der Waals surface area contributed by atoms with Crippen molar-refractivity contribution in [3.63, 3.8) is 0 Å². The second-order valence-electron chi connectivity index (χ2n) is 7.75. The van der Waals surface area contributed by atoms with Crippen molar-refractivity contribution in [2.75, 3.05) is 68.3 Å². The largest absolute Gasteiger partial charge is 0.384 e. The predicted octanol–water partition coefficient (Wildman–Crippen LogP) is 0.800. The van der Waals surface area contributed by atoms with Gasteiger partial charge in [0.1, 0.15) is 11.7 Å². The molecular formula is C19H25FN7O3P. The molecule has 2 aromatic rings. The van der Waals surface area contributed by atoms with Crippen molar-refractivity contribution in [3.8, 4) is 11.4 Å². The van der Waals surface area contributed by atoms with E-state index in [9.17, 15) is 4.39 Å². The number of nitrogens with zero attached hydrogens (tertiary/aromatic N) is 6. The number of anilines is 3. The molecule has 0 aliphatic carbocycles. The van der Waals surface area contributed by atoms with Crippen molar-refractivity contribution < 1.29 is 18.6 Å². The first-order valence-corrected chi connectivity index (χ1v) is 10.9. The van der Waals surface area contributed by atoms with Crippen LogP contribution in [0.1, 0.15) is 11.5 Å². The van der Waals surface area contributed by atoms with Gasteiger partial charge in [0.15, 0.2) is 5.82 Å². The number of alkyl halides is 1. The van der Waals surface area contributed by atoms with Crippen LogP contribution in [0.3, 0.4) is 0 Å². The van der Waals surface area contributed by atoms with E-state index < -0.39 is 5.91 Å². The molecule has 0 saturated carbocycles. The minimum Gasteiger partial charge on any atom is -0.384 e. The second-order valence-corrected chi connectivity index (χ2v) is 8.33. The Bertz CT molecular complexity index is 925. The number of hydrogen-bond acceptors (Lipinski definition) is 10. The number of nitrogen functional groups attached to an aromatic ring is 1. The molecule has 2 N–H and O–H groups in total. The van der Waals surface area contributed by atoms with Crippen LogP contribution in [0.25, 0.3) is 11.4 Å². The van der Waals surface area contributed by atoms with Crippen molar-refractivity contribution in [2.45, 2.75) is 18.0 Å². The smallest absolute Gasteiger partial charge is 0.231 e. The minimum atomic E-state index is -1.33. The lowest BCUT2D eigenvalue weighted by Gasteiger charge is -2.45. The normalized spacial score (nSPS) is 24.8. The lowest BCUT2D eigenvalue weighted by molar-refractivity contribution is -0.0355. The molecule has 31 heavy (non-hydrogen) atoms. The van der Waals surface area contributed by atoms with Crippen molar-refractivity contribution in [1.29, 1.82) is 0 Å². The Labute approximate surface area is 181 Å². The molecule has 2 atom stereocenters. The maximum absolute atomic E-state index is 14.4. The number of ether oxygens (including phenoxy) is 3. The summed E-state index contributed by atoms with van der Waals surface area (Å²) in [5.74, 6) is 0.352. The molecule has 0 radical (unpaired) electrons. The molecule has 3 fully saturated rings. The third-order valence-corrected chi connectivity index (χ3v) is 6.02. The van der Waals surface area contributed by atoms with E-state index in [0.717, 1.165) is 0 Å². The molecule has 5 heterocycles. The van der Waals surface area contributed by atoms with Gasteiger partial charge >= 0.3 is 0 Å². The zero-order valence-electron chi connectivity index (χ0n) is 17.0. The lowest BCUT2D eigenvalue weighted by Crippen LogP contribution is -2.60. The summed E-state index contributed by atoms with van der Waals surface area (Å²) < 4.78 is 31.3. The number of fused-ring (bicyclic) bond motifs is 2. The van der Waals surface area contributed by atoms with E-state index in [2.05, 4.69) is 24.0 Å². The monoisotopic (exact) mass is 449 g/mol. The van der Waals surface area contributed by atoms with Crippen molar-refractivity contribution in [2.24, 2.45) is 0 Å². The van der Waals surface area contributed by atoms with Gasteiger partial charge in [-0.15, -0.1) is 0 Å². The van der Waals surface area contributed by atoms with Crippen molar-refractivity contribution in [1.82, 2.24) is 19.9 Å². The molecule has 5 rings (SSSR count). The molecule has 0 spiro atoms. The van der Waals surface area contributed by atoms with E-state index >= 15 is 0 Å². The first-order valence-electron chi connectivity index (χ1n) is 10.3. The number of halogens is 1. The Hall–Kier alpha value is -2.20. The van der Waals surface area contributed by atoms with Crippen LogP contribution in [-0.4, -0.2) is 84.8 Å². The van der Waals surface area contributed by atoms with Crippen LogP contribution in [0.2, 0.25) is 0 Å². The number of aromatic nitrogens is 4. The maximum Gasteiger partial charge on any atom is 0.231 e. The first-order chi connectivity index (χ1) is 15.1. The molecule has 10 nitrogen and oxygen atoms in total. The van der Waals surface area contributed by atoms with Gasteiger partial charge < -0.3 is 29.7 Å². The van der Waals surface area contributed by atoms with Crippen LogP contribution < -0.4 is 15.5 Å². The third kappa shape index (κ3) is 4.15. The summed E-state index contributed by atoms with van der Waals surface area (Å²) in [7, 11) is 2.15. The van der Waals surface area contributed by atoms with Crippen LogP contribution in [0.4, 0.5) is 22.1 Å². The minimum absolute atomic E-state index is 0.0138. The SMILES string of the molecule is Nc1cc(C(F)P)c(-c2nc(N3CCOCC3)nc(N3C4COCC3COC4)n2)cn1. The van der Waals surface area contributed by atoms with Gasteiger partial charge in [0, 0.05) is 30.4 Å². The Balaban J connectivity index is 1.62. The fourth-order valence-corrected chi connectivity index (χ4v) is 4.40. The maximum atomic E-state index is 14.4. The van der Waals surface area contributed by atoms with E-state index in [1.807, 2.05) is 0 Å². The van der Waals surface area contributed by atoms with Gasteiger partial charge in [0.2, 0.25) is 11.9 Å². The average molecular weight is 449 g/mol. The molecule has 166 valence electrons. The van der Waals surface area contributed by atoms with Crippen LogP contribution >= 0.6 is 9.24 Å². The van der Waals surface area contributed by atoms with Crippen molar-refractivity contribution in [3.05, 3.63) is 17.8 Å². The molecule has 2 bridgehead atoms. The topological polar surface area (TPSA) is 112 Å². The van der Waals surface area contributed by atoms with Gasteiger partial charge in [-0.1, -0.05) is 9.24 Å². The summed E-state index contributed by atoms with van der Waals surface area (Å²) in [5.41, 5.74) is 6.66. The van der Waals surface area contributed by atoms with E-state index in [0.29, 0.717) is 81.6 Å². The Kier molecular flexibility index (Phi) is 5.83. The summed E-state index contributed by atoms with van der Waals surface area (Å²) in [6.45, 7) is 4.69. The Morgan fingerprint density at radius 3 is 2.29 bits per heavy atom. The molecule has 2 aromatic heterocycles. The summed E-state index contributed by atoms with van der Waals surface area (Å²) in [4.78, 5) is 22.6. The predicted molar refractivity (Wildman–Crippen MR) is 116 cm³/mol. The summed E-state index contributed by atoms with van der Waals surface area (Å²) in [6.07, 6.45) is 1.52. The summed E-state index contributed by atoms with van der Waals surface area (Å²) >= 11 is 0. The van der Waals surface area contributed by atoms with E-state index in [-0.39, 0.29) is 17.9 Å². The fraction of sp³-hybridized carbons (Fsp3) is 0.579. The first kappa shape index (κ1) is 20.7. The highest BCUT2D eigenvalue weighted by molar-refractivity contribution is 7.16. The van der Waals surface area contributed by atoms with Crippen LogP contribution in [-0.2, 0) is 14.2 Å². The molecule has 12 heteroatoms. The average Bonchev–Trinajstić information content (AvgIpc) is 2.78. The fourth-order valence-electron chi connectivity index (χ4n) is 4.12. The van der Waals surface area contributed by atoms with E-state index in [4.69, 9.17) is 34.9 Å². The summed E-state index contributed by atoms with van der Waals surface area (Å²) in [5, 5.41) is 0. The molecule has 3 aliphatic heterocycles. The Morgan fingerprint density at radius 2 is 1.65 bits per heavy atom. The number of nitrogens with two attached hydrogens (primary N) is 1. The molecule has 2 unspecified atom stereocenters. The molecule has 3 aliphatic rings. The molecule has 0 aromatic carbocycles. The van der Waals surface area contributed by atoms with E-state index in [1.165, 1.54) is 12.3 Å². The van der Waals surface area contributed by atoms with Crippen LogP contribution in [0.5, 0.6) is 0 Å². The number of hydrogen-bond donors (Lipinski definition) is 1. The van der Waals surface area contributed by atoms with Gasteiger partial charge in [-0.2, -0.15) is 15.0 Å². The Morgan fingerprint density at radius 1 is 1.00 bits per heavy atom. The van der Waals surface area contributed by atoms with E-state index in [1.54, 1.807) is 0 Å². The number of pyridine rings is 1. The van der Waals surface area contributed by atoms with Gasteiger partial charge in [-0.05, 0) is 6.07 Å². The quantitative estimate of drug-likeness (QED) is 0.673. The summed E-state index contributed by atoms with van der Waals surface area (Å²) in [6, 6.07) is 1.54. The molecule has 3 saturated heterocycles. The van der Waals surface area contributed by atoms with Gasteiger partial charge in [0.25, 0.3) is 0 Å². The zero-order valence-corrected chi connectivity index (χ0v) is 18.1. The number of rotatable bonds is 4. The highest BCUT2D eigenvalue weighted by Gasteiger charge is 2.38. The van der Waals surface area contributed by atoms with Gasteiger partial charge in [-0.25, -0.2) is 9.37 Å². The van der Waals surface area contributed by atoms with Crippen LogP contribution in [0, 0.1) is 0 Å². The van der Waals surface area contributed by atoms with Gasteiger partial charge in [0.05, 0.1) is 51.7 Å². The molecule has 0 amide bonds. The lowest BCUT2D eigenvalue weighted by atomic mass is 10.1. The number of morpholine rings is 3. The highest BCUT2D eigenvalue weighted by atomic mass is 31.0. The second kappa shape index (κ2) is 8.74. The third-order valence-electron chi connectivity index (χ3n) is 5.66. The molecular weight excluding hydrogens is 424 g/mol. The standard InChI is InChI=1S/C19H25FN7O3P/c20-16(31)13-5-15(21)22-6-14(13)17-23-18(26-1-3-28-4-2-26)25-19(24-17)27-11-7-29-9-12(27)10-30-8-11/h5-6,11-12,16H,1-4,7-10,31H2,(H2,21,22). The zero-order chi connectivity index (χ0) is 21.4. The van der Waals surface area contributed by atoms with Crippen LogP contribution in [0.15, 0.2) is 12.3 Å². The van der Waals surface area contributed by atoms with Gasteiger partial charge in [-0.3, -0.25) is 0 Å².